The van der Waals surface area contributed by atoms with Gasteiger partial charge in [-0.15, -0.1) is 0 Å². The lowest BCUT2D eigenvalue weighted by Crippen LogP contribution is -2.52. The summed E-state index contributed by atoms with van der Waals surface area (Å²) in [5, 5.41) is 1.07. The molecule has 2 aromatic heterocycles. The molecule has 4 heterocycles. The number of carbonyl (C=O) groups is 1. The molecule has 8 heteroatoms. The van der Waals surface area contributed by atoms with Crippen LogP contribution < -0.4 is 0 Å². The standard InChI is InChI=1S/C16H18ClN3O4/c1-14(2)22-10-13(23-15(3,7-21)16(10,4)24-14)20-6-5-9-11(17)18-8-19-12(9)20/h5-8,10,13H,1-4H3/t10-,13+,15-,16-/m0/s1. The van der Waals surface area contributed by atoms with Crippen LogP contribution in [-0.4, -0.2) is 43.9 Å². The van der Waals surface area contributed by atoms with E-state index in [9.17, 15) is 4.79 Å². The van der Waals surface area contributed by atoms with Crippen LogP contribution >= 0.6 is 11.6 Å². The van der Waals surface area contributed by atoms with Crippen LogP contribution in [0.1, 0.15) is 33.9 Å². The molecule has 0 aliphatic carbocycles. The van der Waals surface area contributed by atoms with Crippen molar-refractivity contribution in [3.63, 3.8) is 0 Å². The molecule has 0 N–H and O–H groups in total. The first-order valence-corrected chi connectivity index (χ1v) is 8.08. The molecule has 2 aliphatic heterocycles. The van der Waals surface area contributed by atoms with E-state index in [0.29, 0.717) is 16.2 Å². The molecule has 2 fully saturated rings. The summed E-state index contributed by atoms with van der Waals surface area (Å²) in [5.74, 6) is -0.818. The van der Waals surface area contributed by atoms with Crippen LogP contribution in [0.2, 0.25) is 5.15 Å². The van der Waals surface area contributed by atoms with E-state index in [-0.39, 0.29) is 0 Å². The Balaban J connectivity index is 1.87. The molecule has 0 saturated carbocycles. The van der Waals surface area contributed by atoms with E-state index < -0.39 is 29.3 Å². The third-order valence-electron chi connectivity index (χ3n) is 4.98. The second kappa shape index (κ2) is 4.76. The predicted octanol–water partition coefficient (Wildman–Crippen LogP) is 2.48. The molecular weight excluding hydrogens is 334 g/mol. The Hall–Kier alpha value is -1.54. The number of rotatable bonds is 2. The summed E-state index contributed by atoms with van der Waals surface area (Å²) in [5.41, 5.74) is -1.45. The van der Waals surface area contributed by atoms with Crippen LogP contribution in [0.25, 0.3) is 11.0 Å². The van der Waals surface area contributed by atoms with E-state index in [0.717, 1.165) is 6.29 Å². The quantitative estimate of drug-likeness (QED) is 0.611. The first-order valence-electron chi connectivity index (χ1n) is 7.70. The van der Waals surface area contributed by atoms with Crippen LogP contribution in [0.3, 0.4) is 0 Å². The minimum absolute atomic E-state index is 0.363. The molecule has 0 radical (unpaired) electrons. The van der Waals surface area contributed by atoms with Crippen molar-refractivity contribution in [3.05, 3.63) is 23.7 Å². The number of fused-ring (bicyclic) bond motifs is 2. The first kappa shape index (κ1) is 16.0. The van der Waals surface area contributed by atoms with Gasteiger partial charge in [0.25, 0.3) is 0 Å². The van der Waals surface area contributed by atoms with E-state index in [1.165, 1.54) is 6.33 Å². The molecule has 24 heavy (non-hydrogen) atoms. The van der Waals surface area contributed by atoms with E-state index >= 15 is 0 Å². The average Bonchev–Trinajstić information content (AvgIpc) is 3.10. The van der Waals surface area contributed by atoms with Crippen molar-refractivity contribution in [3.8, 4) is 0 Å². The van der Waals surface area contributed by atoms with Gasteiger partial charge in [-0.05, 0) is 33.8 Å². The lowest BCUT2D eigenvalue weighted by molar-refractivity contribution is -0.227. The summed E-state index contributed by atoms with van der Waals surface area (Å²) >= 11 is 6.13. The Morgan fingerprint density at radius 2 is 2.00 bits per heavy atom. The number of nitrogens with zero attached hydrogens (tertiary/aromatic N) is 3. The van der Waals surface area contributed by atoms with Gasteiger partial charge in [0.1, 0.15) is 28.8 Å². The van der Waals surface area contributed by atoms with Gasteiger partial charge in [-0.25, -0.2) is 9.97 Å². The van der Waals surface area contributed by atoms with E-state index in [1.807, 2.05) is 37.6 Å². The number of hydrogen-bond acceptors (Lipinski definition) is 6. The van der Waals surface area contributed by atoms with E-state index in [1.54, 1.807) is 6.92 Å². The summed E-state index contributed by atoms with van der Waals surface area (Å²) in [4.78, 5) is 20.1. The van der Waals surface area contributed by atoms with E-state index in [4.69, 9.17) is 25.8 Å². The third kappa shape index (κ3) is 1.92. The van der Waals surface area contributed by atoms with E-state index in [2.05, 4.69) is 9.97 Å². The number of ether oxygens (including phenoxy) is 3. The molecule has 0 bridgehead atoms. The largest absolute Gasteiger partial charge is 0.339 e. The summed E-state index contributed by atoms with van der Waals surface area (Å²) in [6.07, 6.45) is 2.92. The summed E-state index contributed by atoms with van der Waals surface area (Å²) in [6, 6.07) is 1.82. The monoisotopic (exact) mass is 351 g/mol. The maximum atomic E-state index is 11.8. The van der Waals surface area contributed by atoms with Crippen molar-refractivity contribution in [2.24, 2.45) is 0 Å². The van der Waals surface area contributed by atoms with Crippen LogP contribution in [0.5, 0.6) is 0 Å². The molecule has 2 aliphatic rings. The van der Waals surface area contributed by atoms with Crippen LogP contribution in [0.4, 0.5) is 0 Å². The topological polar surface area (TPSA) is 75.5 Å². The zero-order valence-corrected chi connectivity index (χ0v) is 14.6. The number of aromatic nitrogens is 3. The minimum atomic E-state index is -1.15. The summed E-state index contributed by atoms with van der Waals surface area (Å²) in [6.45, 7) is 7.21. The Morgan fingerprint density at radius 1 is 1.25 bits per heavy atom. The fourth-order valence-corrected chi connectivity index (χ4v) is 3.84. The molecule has 0 amide bonds. The van der Waals surface area contributed by atoms with Crippen molar-refractivity contribution in [1.29, 1.82) is 0 Å². The van der Waals surface area contributed by atoms with Crippen LogP contribution in [-0.2, 0) is 19.0 Å². The smallest absolute Gasteiger partial charge is 0.166 e. The zero-order chi connectivity index (χ0) is 17.3. The van der Waals surface area contributed by atoms with Gasteiger partial charge < -0.3 is 23.6 Å². The van der Waals surface area contributed by atoms with Crippen molar-refractivity contribution in [2.75, 3.05) is 0 Å². The van der Waals surface area contributed by atoms with Crippen molar-refractivity contribution in [2.45, 2.75) is 57.0 Å². The third-order valence-corrected chi connectivity index (χ3v) is 5.28. The average molecular weight is 352 g/mol. The highest BCUT2D eigenvalue weighted by Crippen LogP contribution is 2.54. The molecule has 2 aromatic rings. The van der Waals surface area contributed by atoms with Crippen LogP contribution in [0.15, 0.2) is 18.6 Å². The minimum Gasteiger partial charge on any atom is -0.339 e. The van der Waals surface area contributed by atoms with Gasteiger partial charge in [-0.2, -0.15) is 0 Å². The molecule has 7 nitrogen and oxygen atoms in total. The zero-order valence-electron chi connectivity index (χ0n) is 13.8. The van der Waals surface area contributed by atoms with Gasteiger partial charge >= 0.3 is 0 Å². The van der Waals surface area contributed by atoms with Gasteiger partial charge in [-0.3, -0.25) is 0 Å². The van der Waals surface area contributed by atoms with Gasteiger partial charge in [-0.1, -0.05) is 11.6 Å². The molecule has 128 valence electrons. The first-order chi connectivity index (χ1) is 11.2. The highest BCUT2D eigenvalue weighted by atomic mass is 35.5. The van der Waals surface area contributed by atoms with Gasteiger partial charge in [0.15, 0.2) is 23.9 Å². The number of carbonyl (C=O) groups excluding carboxylic acids is 1. The maximum Gasteiger partial charge on any atom is 0.166 e. The Labute approximate surface area is 143 Å². The summed E-state index contributed by atoms with van der Waals surface area (Å²) < 4.78 is 20.1. The molecule has 0 spiro atoms. The molecule has 4 rings (SSSR count). The number of halogens is 1. The predicted molar refractivity (Wildman–Crippen MR) is 85.6 cm³/mol. The lowest BCUT2D eigenvalue weighted by atomic mass is 9.85. The second-order valence-corrected chi connectivity index (χ2v) is 7.36. The van der Waals surface area contributed by atoms with Crippen molar-refractivity contribution < 1.29 is 19.0 Å². The SMILES string of the molecule is CC1(C)O[C@H]2[C@H](n3ccc4c(Cl)ncnc43)O[C@@](C)(C=O)[C@@]2(C)O1. The molecular formula is C16H18ClN3O4. The normalized spacial score (nSPS) is 37.7. The van der Waals surface area contributed by atoms with Crippen LogP contribution in [0, 0.1) is 0 Å². The lowest BCUT2D eigenvalue weighted by Gasteiger charge is -2.33. The van der Waals surface area contributed by atoms with Gasteiger partial charge in [0.05, 0.1) is 5.39 Å². The fourth-order valence-electron chi connectivity index (χ4n) is 3.65. The Bertz CT molecular complexity index is 838. The molecule has 4 atom stereocenters. The molecule has 2 saturated heterocycles. The molecule has 0 aromatic carbocycles. The molecule has 0 unspecified atom stereocenters. The fraction of sp³-hybridized carbons (Fsp3) is 0.562. The van der Waals surface area contributed by atoms with Gasteiger partial charge in [0, 0.05) is 6.20 Å². The summed E-state index contributed by atoms with van der Waals surface area (Å²) in [7, 11) is 0. The van der Waals surface area contributed by atoms with Crippen molar-refractivity contribution in [1.82, 2.24) is 14.5 Å². The van der Waals surface area contributed by atoms with Crippen molar-refractivity contribution >= 4 is 28.9 Å². The number of hydrogen-bond donors (Lipinski definition) is 0. The maximum absolute atomic E-state index is 11.8. The highest BCUT2D eigenvalue weighted by Gasteiger charge is 2.69. The second-order valence-electron chi connectivity index (χ2n) is 7.01. The Morgan fingerprint density at radius 3 is 2.71 bits per heavy atom. The highest BCUT2D eigenvalue weighted by molar-refractivity contribution is 6.33. The Kier molecular flexibility index (Phi) is 3.16. The number of aldehydes is 1. The van der Waals surface area contributed by atoms with Gasteiger partial charge in [0.2, 0.25) is 0 Å².